The Morgan fingerprint density at radius 2 is 2.38 bits per heavy atom. The first kappa shape index (κ1) is 12.5. The Labute approximate surface area is 108 Å². The fraction of sp³-hybridized carbons (Fsp3) is 0.556. The number of thiophene rings is 1. The second kappa shape index (κ2) is 4.73. The van der Waals surface area contributed by atoms with Gasteiger partial charge in [0.1, 0.15) is 4.21 Å². The van der Waals surface area contributed by atoms with E-state index in [1.54, 1.807) is 15.8 Å². The molecular formula is C9H13BrN2O2S2. The molecule has 1 N–H and O–H groups in total. The fourth-order valence-electron chi connectivity index (χ4n) is 1.75. The average molecular weight is 325 g/mol. The molecule has 90 valence electrons. The van der Waals surface area contributed by atoms with E-state index >= 15 is 0 Å². The van der Waals surface area contributed by atoms with E-state index in [9.17, 15) is 8.42 Å². The molecular weight excluding hydrogens is 312 g/mol. The highest BCUT2D eigenvalue weighted by Gasteiger charge is 2.32. The number of piperazine rings is 1. The summed E-state index contributed by atoms with van der Waals surface area (Å²) >= 11 is 4.53. The first-order valence-corrected chi connectivity index (χ1v) is 8.10. The molecule has 2 rings (SSSR count). The third kappa shape index (κ3) is 2.19. The van der Waals surface area contributed by atoms with Gasteiger partial charge in [-0.05, 0) is 34.3 Å². The highest BCUT2D eigenvalue weighted by atomic mass is 79.9. The van der Waals surface area contributed by atoms with Gasteiger partial charge in [-0.3, -0.25) is 0 Å². The second-order valence-electron chi connectivity index (χ2n) is 3.72. The van der Waals surface area contributed by atoms with E-state index in [0.29, 0.717) is 28.3 Å². The highest BCUT2D eigenvalue weighted by Crippen LogP contribution is 2.31. The molecule has 0 amide bonds. The molecule has 1 atom stereocenters. The van der Waals surface area contributed by atoms with E-state index in [1.165, 1.54) is 11.3 Å². The average Bonchev–Trinajstić information content (AvgIpc) is 2.65. The first-order chi connectivity index (χ1) is 7.53. The van der Waals surface area contributed by atoms with Crippen LogP contribution in [-0.4, -0.2) is 38.4 Å². The molecule has 1 aromatic rings. The van der Waals surface area contributed by atoms with Crippen LogP contribution in [0.1, 0.15) is 6.92 Å². The van der Waals surface area contributed by atoms with Gasteiger partial charge in [0.15, 0.2) is 0 Å². The van der Waals surface area contributed by atoms with Crippen molar-refractivity contribution in [1.29, 1.82) is 0 Å². The zero-order valence-electron chi connectivity index (χ0n) is 8.81. The van der Waals surface area contributed by atoms with Crippen molar-refractivity contribution in [2.45, 2.75) is 17.2 Å². The van der Waals surface area contributed by atoms with Crippen molar-refractivity contribution in [2.75, 3.05) is 19.6 Å². The van der Waals surface area contributed by atoms with Gasteiger partial charge < -0.3 is 5.32 Å². The van der Waals surface area contributed by atoms with Crippen LogP contribution in [0, 0.1) is 0 Å². The van der Waals surface area contributed by atoms with Gasteiger partial charge in [0, 0.05) is 30.1 Å². The van der Waals surface area contributed by atoms with Crippen LogP contribution in [0.2, 0.25) is 0 Å². The van der Waals surface area contributed by atoms with Crippen LogP contribution in [-0.2, 0) is 10.0 Å². The minimum absolute atomic E-state index is 0.00718. The molecule has 1 fully saturated rings. The summed E-state index contributed by atoms with van der Waals surface area (Å²) in [7, 11) is -3.33. The van der Waals surface area contributed by atoms with Crippen molar-refractivity contribution in [3.8, 4) is 0 Å². The van der Waals surface area contributed by atoms with Crippen LogP contribution in [0.25, 0.3) is 0 Å². The lowest BCUT2D eigenvalue weighted by atomic mass is 10.3. The SMILES string of the molecule is C[C@@H]1CNCCN1S(=O)(=O)c1sccc1Br. The molecule has 0 aliphatic carbocycles. The quantitative estimate of drug-likeness (QED) is 0.896. The van der Waals surface area contributed by atoms with Crippen molar-refractivity contribution >= 4 is 37.3 Å². The molecule has 0 spiro atoms. The van der Waals surface area contributed by atoms with E-state index in [1.807, 2.05) is 6.92 Å². The Hall–Kier alpha value is 0.0500. The predicted molar refractivity (Wildman–Crippen MR) is 68.2 cm³/mol. The first-order valence-electron chi connectivity index (χ1n) is 4.99. The van der Waals surface area contributed by atoms with Crippen LogP contribution in [0.4, 0.5) is 0 Å². The van der Waals surface area contributed by atoms with E-state index in [2.05, 4.69) is 21.2 Å². The minimum Gasteiger partial charge on any atom is -0.314 e. The van der Waals surface area contributed by atoms with E-state index in [4.69, 9.17) is 0 Å². The summed E-state index contributed by atoms with van der Waals surface area (Å²) in [6.07, 6.45) is 0. The third-order valence-corrected chi connectivity index (χ3v) is 7.23. The van der Waals surface area contributed by atoms with Crippen molar-refractivity contribution in [1.82, 2.24) is 9.62 Å². The normalized spacial score (nSPS) is 23.5. The molecule has 1 aliphatic heterocycles. The molecule has 0 aromatic carbocycles. The van der Waals surface area contributed by atoms with Crippen molar-refractivity contribution in [2.24, 2.45) is 0 Å². The summed E-state index contributed by atoms with van der Waals surface area (Å²) in [5.41, 5.74) is 0. The number of nitrogens with one attached hydrogen (secondary N) is 1. The Morgan fingerprint density at radius 3 is 2.94 bits per heavy atom. The van der Waals surface area contributed by atoms with E-state index < -0.39 is 10.0 Å². The number of hydrogen-bond donors (Lipinski definition) is 1. The van der Waals surface area contributed by atoms with Crippen LogP contribution < -0.4 is 5.32 Å². The van der Waals surface area contributed by atoms with Crippen molar-refractivity contribution in [3.63, 3.8) is 0 Å². The minimum atomic E-state index is -3.33. The van der Waals surface area contributed by atoms with Crippen LogP contribution >= 0.6 is 27.3 Å². The zero-order chi connectivity index (χ0) is 11.8. The summed E-state index contributed by atoms with van der Waals surface area (Å²) in [5.74, 6) is 0. The summed E-state index contributed by atoms with van der Waals surface area (Å²) in [6, 6.07) is 1.78. The van der Waals surface area contributed by atoms with Gasteiger partial charge in [-0.25, -0.2) is 8.42 Å². The topological polar surface area (TPSA) is 49.4 Å². The van der Waals surface area contributed by atoms with Crippen LogP contribution in [0.5, 0.6) is 0 Å². The standard InChI is InChI=1S/C9H13BrN2O2S2/c1-7-6-11-3-4-12(7)16(13,14)9-8(10)2-5-15-9/h2,5,7,11H,3-4,6H2,1H3/t7-/m1/s1. The van der Waals surface area contributed by atoms with Gasteiger partial charge in [0.2, 0.25) is 0 Å². The molecule has 1 saturated heterocycles. The lowest BCUT2D eigenvalue weighted by Crippen LogP contribution is -2.51. The fourth-order valence-corrected chi connectivity index (χ4v) is 5.81. The Morgan fingerprint density at radius 1 is 1.62 bits per heavy atom. The maximum Gasteiger partial charge on any atom is 0.254 e. The molecule has 0 radical (unpaired) electrons. The monoisotopic (exact) mass is 324 g/mol. The second-order valence-corrected chi connectivity index (χ2v) is 7.58. The van der Waals surface area contributed by atoms with Crippen molar-refractivity contribution < 1.29 is 8.42 Å². The molecule has 0 unspecified atom stereocenters. The van der Waals surface area contributed by atoms with E-state index in [-0.39, 0.29) is 6.04 Å². The molecule has 1 aliphatic rings. The Kier molecular flexibility index (Phi) is 3.70. The number of nitrogens with zero attached hydrogens (tertiary/aromatic N) is 1. The summed E-state index contributed by atoms with van der Waals surface area (Å²) in [5, 5.41) is 4.96. The van der Waals surface area contributed by atoms with E-state index in [0.717, 1.165) is 0 Å². The summed E-state index contributed by atoms with van der Waals surface area (Å²) < 4.78 is 27.3. The molecule has 4 nitrogen and oxygen atoms in total. The molecule has 7 heteroatoms. The maximum absolute atomic E-state index is 12.4. The van der Waals surface area contributed by atoms with Gasteiger partial charge in [0.25, 0.3) is 10.0 Å². The number of sulfonamides is 1. The predicted octanol–water partition coefficient (Wildman–Crippen LogP) is 1.49. The smallest absolute Gasteiger partial charge is 0.254 e. The number of halogens is 1. The number of hydrogen-bond acceptors (Lipinski definition) is 4. The molecule has 2 heterocycles. The van der Waals surface area contributed by atoms with Gasteiger partial charge in [-0.1, -0.05) is 0 Å². The van der Waals surface area contributed by atoms with Crippen molar-refractivity contribution in [3.05, 3.63) is 15.9 Å². The third-order valence-electron chi connectivity index (χ3n) is 2.57. The maximum atomic E-state index is 12.4. The summed E-state index contributed by atoms with van der Waals surface area (Å²) in [4.78, 5) is 0. The van der Waals surface area contributed by atoms with Crippen LogP contribution in [0.3, 0.4) is 0 Å². The van der Waals surface area contributed by atoms with Gasteiger partial charge in [-0.2, -0.15) is 4.31 Å². The van der Waals surface area contributed by atoms with Gasteiger partial charge in [0.05, 0.1) is 0 Å². The Bertz CT molecular complexity index is 472. The summed E-state index contributed by atoms with van der Waals surface area (Å²) in [6.45, 7) is 3.88. The molecule has 16 heavy (non-hydrogen) atoms. The lowest BCUT2D eigenvalue weighted by Gasteiger charge is -2.32. The molecule has 1 aromatic heterocycles. The zero-order valence-corrected chi connectivity index (χ0v) is 12.0. The van der Waals surface area contributed by atoms with Crippen LogP contribution in [0.15, 0.2) is 20.1 Å². The number of rotatable bonds is 2. The molecule has 0 saturated carbocycles. The lowest BCUT2D eigenvalue weighted by molar-refractivity contribution is 0.284. The molecule has 0 bridgehead atoms. The van der Waals surface area contributed by atoms with Gasteiger partial charge in [-0.15, -0.1) is 11.3 Å². The highest BCUT2D eigenvalue weighted by molar-refractivity contribution is 9.10. The van der Waals surface area contributed by atoms with Gasteiger partial charge >= 0.3 is 0 Å². The largest absolute Gasteiger partial charge is 0.314 e. The Balaban J connectivity index is 2.35.